The van der Waals surface area contributed by atoms with Crippen LogP contribution in [0.2, 0.25) is 0 Å². The summed E-state index contributed by atoms with van der Waals surface area (Å²) in [7, 11) is 0. The highest BCUT2D eigenvalue weighted by Crippen LogP contribution is 2.48. The molecule has 0 fully saturated rings. The molecule has 1 heterocycles. The zero-order valence-corrected chi connectivity index (χ0v) is 14.4. The molecule has 4 N–H and O–H groups in total. The molecule has 1 unspecified atom stereocenters. The van der Waals surface area contributed by atoms with Crippen LogP contribution in [0.1, 0.15) is 30.5 Å². The van der Waals surface area contributed by atoms with E-state index in [0.717, 1.165) is 24.3 Å². The van der Waals surface area contributed by atoms with Crippen LogP contribution < -0.4 is 16.4 Å². The van der Waals surface area contributed by atoms with Gasteiger partial charge in [-0.3, -0.25) is 0 Å². The third-order valence-corrected chi connectivity index (χ3v) is 4.88. The lowest BCUT2D eigenvalue weighted by atomic mass is 9.84. The third kappa shape index (κ3) is 2.62. The SMILES string of the molecule is CCCN1c2cc(N)ccc2-c2ccc(N)cc2C1c1ccccc1. The molecule has 0 saturated heterocycles. The van der Waals surface area contributed by atoms with Gasteiger partial charge in [0.15, 0.2) is 0 Å². The van der Waals surface area contributed by atoms with Crippen LogP contribution in [-0.4, -0.2) is 6.54 Å². The largest absolute Gasteiger partial charge is 0.399 e. The fourth-order valence-corrected chi connectivity index (χ4v) is 3.86. The van der Waals surface area contributed by atoms with Crippen molar-refractivity contribution in [1.29, 1.82) is 0 Å². The highest BCUT2D eigenvalue weighted by atomic mass is 15.2. The summed E-state index contributed by atoms with van der Waals surface area (Å²) in [4.78, 5) is 2.46. The molecule has 3 aromatic rings. The first kappa shape index (κ1) is 15.6. The van der Waals surface area contributed by atoms with E-state index in [0.29, 0.717) is 0 Å². The standard InChI is InChI=1S/C22H23N3/c1-2-12-25-21-14-17(24)9-11-19(21)18-10-8-16(23)13-20(18)22(25)15-6-4-3-5-7-15/h3-11,13-14,22H,2,12,23-24H2,1H3. The highest BCUT2D eigenvalue weighted by Gasteiger charge is 2.31. The number of fused-ring (bicyclic) bond motifs is 3. The second-order valence-corrected chi connectivity index (χ2v) is 6.63. The monoisotopic (exact) mass is 329 g/mol. The molecule has 1 aliphatic rings. The minimum Gasteiger partial charge on any atom is -0.399 e. The fraction of sp³-hybridized carbons (Fsp3) is 0.182. The number of anilines is 3. The van der Waals surface area contributed by atoms with Crippen LogP contribution in [0.5, 0.6) is 0 Å². The lowest BCUT2D eigenvalue weighted by Gasteiger charge is -2.41. The maximum Gasteiger partial charge on any atom is 0.0802 e. The van der Waals surface area contributed by atoms with Gasteiger partial charge in [-0.15, -0.1) is 0 Å². The molecule has 4 rings (SSSR count). The molecule has 0 bridgehead atoms. The lowest BCUT2D eigenvalue weighted by molar-refractivity contribution is 0.683. The van der Waals surface area contributed by atoms with E-state index < -0.39 is 0 Å². The first-order valence-electron chi connectivity index (χ1n) is 8.80. The average molecular weight is 329 g/mol. The minimum absolute atomic E-state index is 0.147. The second-order valence-electron chi connectivity index (χ2n) is 6.63. The highest BCUT2D eigenvalue weighted by molar-refractivity contribution is 5.88. The summed E-state index contributed by atoms with van der Waals surface area (Å²) >= 11 is 0. The molecule has 25 heavy (non-hydrogen) atoms. The predicted octanol–water partition coefficient (Wildman–Crippen LogP) is 4.84. The Bertz CT molecular complexity index is 902. The van der Waals surface area contributed by atoms with Gasteiger partial charge in [0.25, 0.3) is 0 Å². The number of hydrogen-bond donors (Lipinski definition) is 2. The molecule has 0 radical (unpaired) electrons. The second kappa shape index (κ2) is 6.17. The minimum atomic E-state index is 0.147. The van der Waals surface area contributed by atoms with Crippen LogP contribution >= 0.6 is 0 Å². The van der Waals surface area contributed by atoms with E-state index >= 15 is 0 Å². The number of nitrogens with zero attached hydrogens (tertiary/aromatic N) is 1. The summed E-state index contributed by atoms with van der Waals surface area (Å²) in [6.07, 6.45) is 1.06. The van der Waals surface area contributed by atoms with Crippen LogP contribution in [0.25, 0.3) is 11.1 Å². The van der Waals surface area contributed by atoms with Gasteiger partial charge in [0.05, 0.1) is 6.04 Å². The Labute approximate surface area is 148 Å². The maximum atomic E-state index is 6.15. The predicted molar refractivity (Wildman–Crippen MR) is 107 cm³/mol. The summed E-state index contributed by atoms with van der Waals surface area (Å²) < 4.78 is 0. The third-order valence-electron chi connectivity index (χ3n) is 4.88. The Morgan fingerprint density at radius 3 is 2.24 bits per heavy atom. The van der Waals surface area contributed by atoms with Gasteiger partial charge in [-0.25, -0.2) is 0 Å². The van der Waals surface area contributed by atoms with Crippen LogP contribution in [0.15, 0.2) is 66.7 Å². The van der Waals surface area contributed by atoms with E-state index in [-0.39, 0.29) is 6.04 Å². The number of nitrogen functional groups attached to an aromatic ring is 2. The normalized spacial score (nSPS) is 15.6. The lowest BCUT2D eigenvalue weighted by Crippen LogP contribution is -2.33. The van der Waals surface area contributed by atoms with Crippen molar-refractivity contribution in [2.45, 2.75) is 19.4 Å². The van der Waals surface area contributed by atoms with Crippen LogP contribution in [0.4, 0.5) is 17.1 Å². The van der Waals surface area contributed by atoms with Crippen molar-refractivity contribution in [1.82, 2.24) is 0 Å². The van der Waals surface area contributed by atoms with Gasteiger partial charge >= 0.3 is 0 Å². The molecule has 126 valence electrons. The molecule has 1 atom stereocenters. The van der Waals surface area contributed by atoms with E-state index in [9.17, 15) is 0 Å². The van der Waals surface area contributed by atoms with Gasteiger partial charge < -0.3 is 16.4 Å². The molecule has 0 spiro atoms. The van der Waals surface area contributed by atoms with Crippen molar-refractivity contribution in [2.75, 3.05) is 22.9 Å². The van der Waals surface area contributed by atoms with Crippen molar-refractivity contribution >= 4 is 17.1 Å². The molecule has 0 aliphatic carbocycles. The van der Waals surface area contributed by atoms with Crippen LogP contribution in [0.3, 0.4) is 0 Å². The molecular formula is C22H23N3. The van der Waals surface area contributed by atoms with Gasteiger partial charge in [-0.2, -0.15) is 0 Å². The molecular weight excluding hydrogens is 306 g/mol. The number of hydrogen-bond acceptors (Lipinski definition) is 3. The Kier molecular flexibility index (Phi) is 3.85. The average Bonchev–Trinajstić information content (AvgIpc) is 2.62. The van der Waals surface area contributed by atoms with E-state index in [1.54, 1.807) is 0 Å². The van der Waals surface area contributed by atoms with Gasteiger partial charge in [0, 0.05) is 29.2 Å². The summed E-state index contributed by atoms with van der Waals surface area (Å²) in [5.41, 5.74) is 20.1. The zero-order chi connectivity index (χ0) is 17.4. The molecule has 0 saturated carbocycles. The summed E-state index contributed by atoms with van der Waals surface area (Å²) in [5.74, 6) is 0. The number of benzene rings is 3. The fourth-order valence-electron chi connectivity index (χ4n) is 3.86. The molecule has 3 aromatic carbocycles. The summed E-state index contributed by atoms with van der Waals surface area (Å²) in [6.45, 7) is 3.17. The molecule has 0 aromatic heterocycles. The quantitative estimate of drug-likeness (QED) is 0.676. The molecule has 3 nitrogen and oxygen atoms in total. The zero-order valence-electron chi connectivity index (χ0n) is 14.4. The van der Waals surface area contributed by atoms with Crippen molar-refractivity contribution in [3.8, 4) is 11.1 Å². The first-order chi connectivity index (χ1) is 12.2. The van der Waals surface area contributed by atoms with Crippen LogP contribution in [-0.2, 0) is 0 Å². The van der Waals surface area contributed by atoms with Crippen molar-refractivity contribution in [3.05, 3.63) is 77.9 Å². The van der Waals surface area contributed by atoms with Crippen LogP contribution in [0, 0.1) is 0 Å². The van der Waals surface area contributed by atoms with Gasteiger partial charge in [0.1, 0.15) is 0 Å². The Balaban J connectivity index is 2.01. The Morgan fingerprint density at radius 2 is 1.52 bits per heavy atom. The summed E-state index contributed by atoms with van der Waals surface area (Å²) in [6, 6.07) is 23.2. The Hall–Kier alpha value is -2.94. The van der Waals surface area contributed by atoms with Gasteiger partial charge in [-0.1, -0.05) is 49.4 Å². The molecule has 0 amide bonds. The maximum absolute atomic E-state index is 6.15. The van der Waals surface area contributed by atoms with Crippen molar-refractivity contribution < 1.29 is 0 Å². The molecule has 1 aliphatic heterocycles. The van der Waals surface area contributed by atoms with Crippen molar-refractivity contribution in [2.24, 2.45) is 0 Å². The number of nitrogens with two attached hydrogens (primary N) is 2. The van der Waals surface area contributed by atoms with Crippen molar-refractivity contribution in [3.63, 3.8) is 0 Å². The van der Waals surface area contributed by atoms with Gasteiger partial charge in [-0.05, 0) is 47.4 Å². The van der Waals surface area contributed by atoms with E-state index in [4.69, 9.17) is 11.5 Å². The summed E-state index contributed by atoms with van der Waals surface area (Å²) in [5, 5.41) is 0. The first-order valence-corrected chi connectivity index (χ1v) is 8.80. The topological polar surface area (TPSA) is 55.3 Å². The van der Waals surface area contributed by atoms with E-state index in [2.05, 4.69) is 66.4 Å². The van der Waals surface area contributed by atoms with E-state index in [1.807, 2.05) is 12.1 Å². The molecule has 3 heteroatoms. The Morgan fingerprint density at radius 1 is 0.840 bits per heavy atom. The number of rotatable bonds is 3. The van der Waals surface area contributed by atoms with E-state index in [1.165, 1.54) is 27.9 Å². The van der Waals surface area contributed by atoms with Gasteiger partial charge in [0.2, 0.25) is 0 Å². The smallest absolute Gasteiger partial charge is 0.0802 e.